The Labute approximate surface area is 125 Å². The summed E-state index contributed by atoms with van der Waals surface area (Å²) in [5.41, 5.74) is 0.336. The van der Waals surface area contributed by atoms with E-state index >= 15 is 0 Å². The zero-order valence-corrected chi connectivity index (χ0v) is 13.5. The van der Waals surface area contributed by atoms with Crippen LogP contribution in [0.5, 0.6) is 5.75 Å². The average molecular weight is 321 g/mol. The van der Waals surface area contributed by atoms with Crippen LogP contribution in [-0.4, -0.2) is 33.9 Å². The fourth-order valence-corrected chi connectivity index (χ4v) is 2.93. The van der Waals surface area contributed by atoms with Crippen LogP contribution >= 0.6 is 11.6 Å². The molecule has 0 heterocycles. The Morgan fingerprint density at radius 2 is 2.05 bits per heavy atom. The number of rotatable bonds is 8. The number of anilines is 1. The van der Waals surface area contributed by atoms with Crippen molar-refractivity contribution in [3.63, 3.8) is 0 Å². The normalized spacial score (nSPS) is 11.7. The molecule has 0 saturated carbocycles. The van der Waals surface area contributed by atoms with E-state index < -0.39 is 10.0 Å². The summed E-state index contributed by atoms with van der Waals surface area (Å²) in [5, 5.41) is 3.52. The minimum absolute atomic E-state index is 0.0419. The minimum atomic E-state index is -3.41. The number of sulfonamides is 1. The molecule has 0 amide bonds. The van der Waals surface area contributed by atoms with Gasteiger partial charge in [0, 0.05) is 12.1 Å². The topological polar surface area (TPSA) is 67.4 Å². The molecule has 0 saturated heterocycles. The maximum atomic E-state index is 12.0. The summed E-state index contributed by atoms with van der Waals surface area (Å²) in [6, 6.07) is 5.18. The van der Waals surface area contributed by atoms with Crippen LogP contribution in [0.2, 0.25) is 5.02 Å². The number of hydrogen-bond donors (Lipinski definition) is 2. The van der Waals surface area contributed by atoms with Gasteiger partial charge in [-0.1, -0.05) is 25.4 Å². The molecule has 0 atom stereocenters. The largest absolute Gasteiger partial charge is 0.497 e. The maximum Gasteiger partial charge on any atom is 0.232 e. The van der Waals surface area contributed by atoms with E-state index in [4.69, 9.17) is 16.3 Å². The summed E-state index contributed by atoms with van der Waals surface area (Å²) < 4.78 is 31.4. The monoisotopic (exact) mass is 320 g/mol. The van der Waals surface area contributed by atoms with Gasteiger partial charge in [-0.05, 0) is 25.1 Å². The lowest BCUT2D eigenvalue weighted by atomic mass is 10.3. The molecule has 0 spiro atoms. The van der Waals surface area contributed by atoms with Crippen molar-refractivity contribution in [3.05, 3.63) is 23.2 Å². The van der Waals surface area contributed by atoms with Crippen molar-refractivity contribution in [2.24, 2.45) is 0 Å². The number of benzene rings is 1. The molecule has 2 N–H and O–H groups in total. The summed E-state index contributed by atoms with van der Waals surface area (Å²) in [5.74, 6) is 0.592. The van der Waals surface area contributed by atoms with Crippen LogP contribution in [0.4, 0.5) is 5.69 Å². The first-order chi connectivity index (χ1) is 9.34. The molecule has 7 heteroatoms. The molecule has 0 radical (unpaired) electrons. The Balaban J connectivity index is 2.62. The molecule has 114 valence electrons. The highest BCUT2D eigenvalue weighted by Gasteiger charge is 2.13. The van der Waals surface area contributed by atoms with Crippen LogP contribution in [0.25, 0.3) is 0 Å². The van der Waals surface area contributed by atoms with Crippen LogP contribution in [0.3, 0.4) is 0 Å². The van der Waals surface area contributed by atoms with E-state index in [1.54, 1.807) is 18.2 Å². The molecule has 20 heavy (non-hydrogen) atoms. The highest BCUT2D eigenvalue weighted by atomic mass is 35.5. The van der Waals surface area contributed by atoms with Crippen LogP contribution in [0, 0.1) is 0 Å². The van der Waals surface area contributed by atoms with E-state index in [1.807, 2.05) is 13.8 Å². The Hall–Kier alpha value is -0.980. The van der Waals surface area contributed by atoms with Crippen molar-refractivity contribution >= 4 is 27.3 Å². The van der Waals surface area contributed by atoms with E-state index in [0.29, 0.717) is 35.5 Å². The van der Waals surface area contributed by atoms with Gasteiger partial charge in [0.15, 0.2) is 0 Å². The average Bonchev–Trinajstić information content (AvgIpc) is 2.37. The van der Waals surface area contributed by atoms with Crippen molar-refractivity contribution in [2.45, 2.75) is 26.3 Å². The van der Waals surface area contributed by atoms with E-state index in [9.17, 15) is 8.42 Å². The Bertz CT molecular complexity index is 532. The molecular weight excluding hydrogens is 300 g/mol. The van der Waals surface area contributed by atoms with Crippen LogP contribution in [-0.2, 0) is 10.0 Å². The number of hydrogen-bond acceptors (Lipinski definition) is 4. The zero-order chi connectivity index (χ0) is 15.2. The highest BCUT2D eigenvalue weighted by Crippen LogP contribution is 2.27. The quantitative estimate of drug-likeness (QED) is 0.722. The molecule has 0 aliphatic carbocycles. The third kappa shape index (κ3) is 5.98. The SMILES string of the molecule is COc1ccc(Cl)c(NS(=O)(=O)CCCNC(C)C)c1. The predicted octanol–water partition coefficient (Wildman–Crippen LogP) is 2.48. The lowest BCUT2D eigenvalue weighted by molar-refractivity contribution is 0.415. The first-order valence-corrected chi connectivity index (χ1v) is 8.44. The van der Waals surface area contributed by atoms with Crippen molar-refractivity contribution in [3.8, 4) is 5.75 Å². The van der Waals surface area contributed by atoms with E-state index in [2.05, 4.69) is 10.0 Å². The lowest BCUT2D eigenvalue weighted by Gasteiger charge is -2.12. The Kier molecular flexibility index (Phi) is 6.58. The van der Waals surface area contributed by atoms with Crippen LogP contribution < -0.4 is 14.8 Å². The second-order valence-electron chi connectivity index (χ2n) is 4.73. The molecule has 0 bridgehead atoms. The molecule has 1 aromatic rings. The Morgan fingerprint density at radius 3 is 2.65 bits per heavy atom. The summed E-state index contributed by atoms with van der Waals surface area (Å²) in [4.78, 5) is 0. The first-order valence-electron chi connectivity index (χ1n) is 6.41. The number of ether oxygens (including phenoxy) is 1. The number of halogens is 1. The van der Waals surface area contributed by atoms with Crippen molar-refractivity contribution < 1.29 is 13.2 Å². The molecule has 0 unspecified atom stereocenters. The van der Waals surface area contributed by atoms with Gasteiger partial charge >= 0.3 is 0 Å². The fraction of sp³-hybridized carbons (Fsp3) is 0.538. The Morgan fingerprint density at radius 1 is 1.35 bits per heavy atom. The first kappa shape index (κ1) is 17.1. The molecule has 1 rings (SSSR count). The van der Waals surface area contributed by atoms with E-state index in [0.717, 1.165) is 0 Å². The summed E-state index contributed by atoms with van der Waals surface area (Å²) >= 11 is 5.97. The van der Waals surface area contributed by atoms with Crippen LogP contribution in [0.15, 0.2) is 18.2 Å². The van der Waals surface area contributed by atoms with E-state index in [1.165, 1.54) is 7.11 Å². The third-order valence-corrected chi connectivity index (χ3v) is 4.27. The van der Waals surface area contributed by atoms with Gasteiger partial charge < -0.3 is 10.1 Å². The zero-order valence-electron chi connectivity index (χ0n) is 11.9. The molecule has 0 aliphatic rings. The van der Waals surface area contributed by atoms with Gasteiger partial charge in [0.05, 0.1) is 23.6 Å². The molecule has 0 aliphatic heterocycles. The van der Waals surface area contributed by atoms with Gasteiger partial charge in [0.1, 0.15) is 5.75 Å². The number of nitrogens with one attached hydrogen (secondary N) is 2. The van der Waals surface area contributed by atoms with Crippen molar-refractivity contribution in [1.82, 2.24) is 5.32 Å². The van der Waals surface area contributed by atoms with Gasteiger partial charge in [-0.25, -0.2) is 8.42 Å². The lowest BCUT2D eigenvalue weighted by Crippen LogP contribution is -2.26. The van der Waals surface area contributed by atoms with Gasteiger partial charge in [0.2, 0.25) is 10.0 Å². The van der Waals surface area contributed by atoms with Gasteiger partial charge in [0.25, 0.3) is 0 Å². The van der Waals surface area contributed by atoms with Gasteiger partial charge in [-0.3, -0.25) is 4.72 Å². The summed E-state index contributed by atoms with van der Waals surface area (Å²) in [6.45, 7) is 4.69. The molecule has 5 nitrogen and oxygen atoms in total. The summed E-state index contributed by atoms with van der Waals surface area (Å²) in [6.07, 6.45) is 0.537. The van der Waals surface area contributed by atoms with Crippen molar-refractivity contribution in [1.29, 1.82) is 0 Å². The smallest absolute Gasteiger partial charge is 0.232 e. The van der Waals surface area contributed by atoms with E-state index in [-0.39, 0.29) is 5.75 Å². The minimum Gasteiger partial charge on any atom is -0.497 e. The third-order valence-electron chi connectivity index (χ3n) is 2.58. The second-order valence-corrected chi connectivity index (χ2v) is 6.98. The van der Waals surface area contributed by atoms with Crippen molar-refractivity contribution in [2.75, 3.05) is 24.1 Å². The summed E-state index contributed by atoms with van der Waals surface area (Å²) in [7, 11) is -1.90. The molecule has 0 aromatic heterocycles. The highest BCUT2D eigenvalue weighted by molar-refractivity contribution is 7.92. The molecule has 1 aromatic carbocycles. The fourth-order valence-electron chi connectivity index (χ4n) is 1.58. The maximum absolute atomic E-state index is 12.0. The predicted molar refractivity (Wildman–Crippen MR) is 83.2 cm³/mol. The molecular formula is C13H21ClN2O3S. The van der Waals surface area contributed by atoms with Crippen LogP contribution in [0.1, 0.15) is 20.3 Å². The van der Waals surface area contributed by atoms with Gasteiger partial charge in [-0.2, -0.15) is 0 Å². The second kappa shape index (κ2) is 7.71. The van der Waals surface area contributed by atoms with Gasteiger partial charge in [-0.15, -0.1) is 0 Å². The standard InChI is InChI=1S/C13H21ClN2O3S/c1-10(2)15-7-4-8-20(17,18)16-13-9-11(19-3)5-6-12(13)14/h5-6,9-10,15-16H,4,7-8H2,1-3H3. The number of methoxy groups -OCH3 is 1. The molecule has 0 fully saturated rings.